The average Bonchev–Trinajstić information content (AvgIpc) is 2.42. The first kappa shape index (κ1) is 13.9. The van der Waals surface area contributed by atoms with Crippen molar-refractivity contribution in [2.45, 2.75) is 19.4 Å². The van der Waals surface area contributed by atoms with Gasteiger partial charge in [0.1, 0.15) is 11.4 Å². The van der Waals surface area contributed by atoms with Crippen LogP contribution in [-0.2, 0) is 0 Å². The predicted molar refractivity (Wildman–Crippen MR) is 80.6 cm³/mol. The zero-order valence-corrected chi connectivity index (χ0v) is 11.9. The summed E-state index contributed by atoms with van der Waals surface area (Å²) in [5, 5.41) is 0.600. The van der Waals surface area contributed by atoms with Crippen LogP contribution in [0.25, 0.3) is 11.1 Å². The van der Waals surface area contributed by atoms with Crippen molar-refractivity contribution in [1.82, 2.24) is 0 Å². The lowest BCUT2D eigenvalue weighted by Gasteiger charge is -2.25. The minimum atomic E-state index is -0.419. The topological polar surface area (TPSA) is 35.2 Å². The number of hydrogen-bond donors (Lipinski definition) is 1. The molecule has 0 aliphatic carbocycles. The van der Waals surface area contributed by atoms with Gasteiger partial charge in [0.15, 0.2) is 0 Å². The van der Waals surface area contributed by atoms with E-state index in [0.29, 0.717) is 17.3 Å². The van der Waals surface area contributed by atoms with Crippen LogP contribution < -0.4 is 10.5 Å². The Morgan fingerprint density at radius 3 is 2.32 bits per heavy atom. The van der Waals surface area contributed by atoms with Crippen molar-refractivity contribution in [1.29, 1.82) is 0 Å². The molecule has 2 nitrogen and oxygen atoms in total. The van der Waals surface area contributed by atoms with Gasteiger partial charge in [-0.3, -0.25) is 0 Å². The first-order valence-corrected chi connectivity index (χ1v) is 6.64. The van der Waals surface area contributed by atoms with Gasteiger partial charge >= 0.3 is 0 Å². The lowest BCUT2D eigenvalue weighted by molar-refractivity contribution is 0.119. The number of benzene rings is 2. The molecule has 0 saturated heterocycles. The number of hydrogen-bond acceptors (Lipinski definition) is 2. The molecule has 2 rings (SSSR count). The Labute approximate surface area is 119 Å². The minimum absolute atomic E-state index is 0.419. The minimum Gasteiger partial charge on any atom is -0.485 e. The average molecular weight is 276 g/mol. The highest BCUT2D eigenvalue weighted by Gasteiger charge is 2.18. The van der Waals surface area contributed by atoms with Gasteiger partial charge in [-0.25, -0.2) is 0 Å². The molecule has 0 fully saturated rings. The van der Waals surface area contributed by atoms with Gasteiger partial charge in [-0.15, -0.1) is 0 Å². The van der Waals surface area contributed by atoms with E-state index in [4.69, 9.17) is 22.1 Å². The van der Waals surface area contributed by atoms with Gasteiger partial charge in [-0.05, 0) is 37.1 Å². The van der Waals surface area contributed by atoms with E-state index in [1.54, 1.807) is 0 Å². The molecule has 0 aliphatic rings. The van der Waals surface area contributed by atoms with Crippen molar-refractivity contribution >= 4 is 11.6 Å². The van der Waals surface area contributed by atoms with Crippen LogP contribution in [0.5, 0.6) is 5.75 Å². The Morgan fingerprint density at radius 2 is 1.74 bits per heavy atom. The van der Waals surface area contributed by atoms with Gasteiger partial charge in [-0.2, -0.15) is 0 Å². The summed E-state index contributed by atoms with van der Waals surface area (Å²) in [6, 6.07) is 15.9. The quantitative estimate of drug-likeness (QED) is 0.911. The van der Waals surface area contributed by atoms with Crippen molar-refractivity contribution in [3.63, 3.8) is 0 Å². The largest absolute Gasteiger partial charge is 0.485 e. The lowest BCUT2D eigenvalue weighted by atomic mass is 10.1. The summed E-state index contributed by atoms with van der Waals surface area (Å²) < 4.78 is 5.82. The fourth-order valence-corrected chi connectivity index (χ4v) is 1.95. The zero-order chi connectivity index (χ0) is 13.9. The molecule has 3 heteroatoms. The van der Waals surface area contributed by atoms with Crippen molar-refractivity contribution in [2.24, 2.45) is 5.73 Å². The van der Waals surface area contributed by atoms with Crippen LogP contribution in [0.4, 0.5) is 0 Å². The van der Waals surface area contributed by atoms with E-state index in [1.807, 2.05) is 50.2 Å². The summed E-state index contributed by atoms with van der Waals surface area (Å²) in [4.78, 5) is 0. The Kier molecular flexibility index (Phi) is 4.13. The summed E-state index contributed by atoms with van der Waals surface area (Å²) in [5.74, 6) is 0.664. The summed E-state index contributed by atoms with van der Waals surface area (Å²) in [6.45, 7) is 4.31. The molecule has 2 aromatic carbocycles. The third kappa shape index (κ3) is 3.49. The Morgan fingerprint density at radius 1 is 1.05 bits per heavy atom. The highest BCUT2D eigenvalue weighted by Crippen LogP contribution is 2.32. The van der Waals surface area contributed by atoms with Crippen LogP contribution in [-0.4, -0.2) is 12.1 Å². The summed E-state index contributed by atoms with van der Waals surface area (Å²) >= 11 is 6.28. The molecule has 19 heavy (non-hydrogen) atoms. The normalized spacial score (nSPS) is 11.4. The van der Waals surface area contributed by atoms with E-state index in [1.165, 1.54) is 0 Å². The number of halogens is 1. The molecule has 0 saturated carbocycles. The van der Waals surface area contributed by atoms with Crippen molar-refractivity contribution in [3.8, 4) is 16.9 Å². The molecule has 0 unspecified atom stereocenters. The summed E-state index contributed by atoms with van der Waals surface area (Å²) in [7, 11) is 0. The molecule has 2 N–H and O–H groups in total. The van der Waals surface area contributed by atoms with Crippen LogP contribution in [0.3, 0.4) is 0 Å². The molecule has 0 aliphatic heterocycles. The molecule has 0 spiro atoms. The molecular weight excluding hydrogens is 258 g/mol. The van der Waals surface area contributed by atoms with Gasteiger partial charge in [0.2, 0.25) is 0 Å². The van der Waals surface area contributed by atoms with Gasteiger partial charge in [0, 0.05) is 6.54 Å². The van der Waals surface area contributed by atoms with Gasteiger partial charge in [0.05, 0.1) is 5.02 Å². The standard InChI is InChI=1S/C16H18ClNO/c1-16(2,11-18)19-15-9-8-13(10-14(15)17)12-6-4-3-5-7-12/h3-10H,11,18H2,1-2H3. The predicted octanol–water partition coefficient (Wildman–Crippen LogP) is 4.12. The third-order valence-corrected chi connectivity index (χ3v) is 3.21. The molecule has 100 valence electrons. The molecule has 0 amide bonds. The summed E-state index contributed by atoms with van der Waals surface area (Å²) in [6.07, 6.45) is 0. The fourth-order valence-electron chi connectivity index (χ4n) is 1.73. The number of nitrogens with two attached hydrogens (primary N) is 1. The Balaban J connectivity index is 2.28. The van der Waals surface area contributed by atoms with Crippen LogP contribution in [0.2, 0.25) is 5.02 Å². The molecular formula is C16H18ClNO. The molecule has 0 bridgehead atoms. The van der Waals surface area contributed by atoms with E-state index in [9.17, 15) is 0 Å². The second kappa shape index (κ2) is 5.64. The number of ether oxygens (including phenoxy) is 1. The molecule has 0 aromatic heterocycles. The maximum atomic E-state index is 6.28. The Bertz CT molecular complexity index is 552. The van der Waals surface area contributed by atoms with Crippen molar-refractivity contribution < 1.29 is 4.74 Å². The highest BCUT2D eigenvalue weighted by molar-refractivity contribution is 6.32. The molecule has 0 atom stereocenters. The fraction of sp³-hybridized carbons (Fsp3) is 0.250. The van der Waals surface area contributed by atoms with Crippen molar-refractivity contribution in [2.75, 3.05) is 6.54 Å². The smallest absolute Gasteiger partial charge is 0.138 e. The van der Waals surface area contributed by atoms with E-state index in [0.717, 1.165) is 11.1 Å². The van der Waals surface area contributed by atoms with Crippen LogP contribution in [0.1, 0.15) is 13.8 Å². The third-order valence-electron chi connectivity index (χ3n) is 2.92. The maximum Gasteiger partial charge on any atom is 0.138 e. The van der Waals surface area contributed by atoms with Crippen LogP contribution in [0.15, 0.2) is 48.5 Å². The molecule has 0 heterocycles. The Hall–Kier alpha value is -1.51. The second-order valence-corrected chi connectivity index (χ2v) is 5.48. The monoisotopic (exact) mass is 275 g/mol. The van der Waals surface area contributed by atoms with Gasteiger partial charge in [0.25, 0.3) is 0 Å². The molecule has 2 aromatic rings. The van der Waals surface area contributed by atoms with Crippen molar-refractivity contribution in [3.05, 3.63) is 53.6 Å². The van der Waals surface area contributed by atoms with E-state index in [-0.39, 0.29) is 0 Å². The van der Waals surface area contributed by atoms with Crippen LogP contribution in [0, 0.1) is 0 Å². The second-order valence-electron chi connectivity index (χ2n) is 5.08. The first-order valence-electron chi connectivity index (χ1n) is 6.26. The first-order chi connectivity index (χ1) is 9.02. The number of rotatable bonds is 4. The van der Waals surface area contributed by atoms with Gasteiger partial charge < -0.3 is 10.5 Å². The highest BCUT2D eigenvalue weighted by atomic mass is 35.5. The van der Waals surface area contributed by atoms with Gasteiger partial charge in [-0.1, -0.05) is 48.0 Å². The lowest BCUT2D eigenvalue weighted by Crippen LogP contribution is -2.37. The zero-order valence-electron chi connectivity index (χ0n) is 11.2. The maximum absolute atomic E-state index is 6.28. The van der Waals surface area contributed by atoms with Crippen LogP contribution >= 0.6 is 11.6 Å². The SMILES string of the molecule is CC(C)(CN)Oc1ccc(-c2ccccc2)cc1Cl. The molecule has 0 radical (unpaired) electrons. The van der Waals surface area contributed by atoms with E-state index >= 15 is 0 Å². The summed E-state index contributed by atoms with van der Waals surface area (Å²) in [5.41, 5.74) is 7.44. The van der Waals surface area contributed by atoms with E-state index in [2.05, 4.69) is 12.1 Å². The van der Waals surface area contributed by atoms with E-state index < -0.39 is 5.60 Å².